The van der Waals surface area contributed by atoms with Gasteiger partial charge in [-0.25, -0.2) is 8.78 Å². The summed E-state index contributed by atoms with van der Waals surface area (Å²) in [6.45, 7) is 7.57. The molecule has 0 aliphatic heterocycles. The molecule has 3 N–H and O–H groups in total. The number of aromatic nitrogens is 4. The third-order valence-electron chi connectivity index (χ3n) is 6.88. The summed E-state index contributed by atoms with van der Waals surface area (Å²) >= 11 is 1.06. The van der Waals surface area contributed by atoms with Crippen molar-refractivity contribution in [3.8, 4) is 17.2 Å². The molecule has 1 heterocycles. The number of anilines is 2. The van der Waals surface area contributed by atoms with Crippen LogP contribution in [0.1, 0.15) is 35.3 Å². The van der Waals surface area contributed by atoms with Gasteiger partial charge in [0.2, 0.25) is 5.16 Å². The molecule has 2 amide bonds. The summed E-state index contributed by atoms with van der Waals surface area (Å²) in [6.07, 6.45) is -0.899. The van der Waals surface area contributed by atoms with E-state index in [2.05, 4.69) is 26.2 Å². The van der Waals surface area contributed by atoms with Crippen molar-refractivity contribution in [3.63, 3.8) is 0 Å². The Morgan fingerprint density at radius 3 is 2.37 bits per heavy atom. The Bertz CT molecular complexity index is 1900. The van der Waals surface area contributed by atoms with Gasteiger partial charge in [-0.15, -0.1) is 5.10 Å². The van der Waals surface area contributed by atoms with Gasteiger partial charge in [0.15, 0.2) is 17.7 Å². The van der Waals surface area contributed by atoms with Crippen molar-refractivity contribution in [2.24, 2.45) is 5.92 Å². The van der Waals surface area contributed by atoms with Crippen molar-refractivity contribution in [2.45, 2.75) is 43.9 Å². The highest BCUT2D eigenvalue weighted by atomic mass is 32.2. The van der Waals surface area contributed by atoms with E-state index in [9.17, 15) is 23.5 Å². The number of aryl methyl sites for hydroxylation is 2. The summed E-state index contributed by atoms with van der Waals surface area (Å²) in [4.78, 5) is 26.9. The number of phenolic OH excluding ortho intramolecular Hbond substituents is 1. The summed E-state index contributed by atoms with van der Waals surface area (Å²) in [6, 6.07) is 20.2. The zero-order valence-corrected chi connectivity index (χ0v) is 26.1. The Morgan fingerprint density at radius 1 is 0.913 bits per heavy atom. The molecular weight excluding hydrogens is 614 g/mol. The second kappa shape index (κ2) is 13.8. The molecule has 0 aliphatic rings. The van der Waals surface area contributed by atoms with Crippen molar-refractivity contribution < 1.29 is 28.2 Å². The van der Waals surface area contributed by atoms with Crippen molar-refractivity contribution in [1.82, 2.24) is 20.2 Å². The van der Waals surface area contributed by atoms with Crippen molar-refractivity contribution >= 4 is 35.0 Å². The van der Waals surface area contributed by atoms with Gasteiger partial charge in [0.25, 0.3) is 11.8 Å². The van der Waals surface area contributed by atoms with Gasteiger partial charge in [-0.3, -0.25) is 9.59 Å². The quantitative estimate of drug-likeness (QED) is 0.143. The van der Waals surface area contributed by atoms with Crippen LogP contribution in [0.3, 0.4) is 0 Å². The van der Waals surface area contributed by atoms with Crippen molar-refractivity contribution in [2.75, 3.05) is 10.6 Å². The molecule has 10 nitrogen and oxygen atoms in total. The van der Waals surface area contributed by atoms with E-state index in [1.54, 1.807) is 0 Å². The fourth-order valence-corrected chi connectivity index (χ4v) is 5.42. The van der Waals surface area contributed by atoms with Crippen LogP contribution in [0, 0.1) is 31.4 Å². The maximum atomic E-state index is 13.8. The minimum Gasteiger partial charge on any atom is -0.506 e. The number of nitrogens with zero attached hydrogens (tertiary/aromatic N) is 4. The number of halogens is 2. The second-order valence-corrected chi connectivity index (χ2v) is 11.8. The van der Waals surface area contributed by atoms with E-state index in [1.165, 1.54) is 16.8 Å². The molecule has 1 unspecified atom stereocenters. The van der Waals surface area contributed by atoms with E-state index in [4.69, 9.17) is 4.74 Å². The standard InChI is InChI=1S/C33H30F2N6O4S/c1-18(2)30(45-28-13-10-19(3)14-20(28)4)32(44)37-26-16-27(42)25(36-31(43)21-11-12-23(34)24(35)15-21)17-29(26)46-33-38-39-40-41(33)22-8-6-5-7-9-22/h5-18,30,42H,1-4H3,(H,36,43)(H,37,44). The molecule has 0 radical (unpaired) electrons. The first kappa shape index (κ1) is 32.1. The number of para-hydroxylation sites is 1. The minimum atomic E-state index is -1.19. The summed E-state index contributed by atoms with van der Waals surface area (Å²) in [5, 5.41) is 28.6. The van der Waals surface area contributed by atoms with Crippen LogP contribution in [-0.4, -0.2) is 43.2 Å². The minimum absolute atomic E-state index is 0.0547. The topological polar surface area (TPSA) is 131 Å². The zero-order valence-electron chi connectivity index (χ0n) is 25.3. The lowest BCUT2D eigenvalue weighted by Crippen LogP contribution is -2.37. The van der Waals surface area contributed by atoms with Crippen LogP contribution in [0.25, 0.3) is 5.69 Å². The molecule has 1 aromatic heterocycles. The number of aromatic hydroxyl groups is 1. The number of rotatable bonds is 10. The highest BCUT2D eigenvalue weighted by Gasteiger charge is 2.27. The fourth-order valence-electron chi connectivity index (χ4n) is 4.52. The molecule has 4 aromatic carbocycles. The summed E-state index contributed by atoms with van der Waals surface area (Å²) in [5.41, 5.74) is 2.58. The Labute approximate surface area is 267 Å². The third-order valence-corrected chi connectivity index (χ3v) is 7.87. The predicted molar refractivity (Wildman–Crippen MR) is 169 cm³/mol. The number of amides is 2. The average molecular weight is 645 g/mol. The Morgan fingerprint density at radius 2 is 1.67 bits per heavy atom. The monoisotopic (exact) mass is 644 g/mol. The number of ether oxygens (including phenoxy) is 1. The van der Waals surface area contributed by atoms with Gasteiger partial charge >= 0.3 is 0 Å². The normalized spacial score (nSPS) is 11.7. The van der Waals surface area contributed by atoms with Gasteiger partial charge < -0.3 is 20.5 Å². The molecule has 0 saturated carbocycles. The Hall–Kier alpha value is -5.30. The number of nitrogens with one attached hydrogen (secondary N) is 2. The van der Waals surface area contributed by atoms with Gasteiger partial charge in [0.1, 0.15) is 11.5 Å². The second-order valence-electron chi connectivity index (χ2n) is 10.8. The Kier molecular flexibility index (Phi) is 9.61. The number of benzene rings is 4. The SMILES string of the molecule is Cc1ccc(OC(C(=O)Nc2cc(O)c(NC(=O)c3ccc(F)c(F)c3)cc2Sc2nnnn2-c2ccccc2)C(C)C)c(C)c1. The van der Waals surface area contributed by atoms with Crippen LogP contribution in [0.2, 0.25) is 0 Å². The zero-order chi connectivity index (χ0) is 33.0. The maximum Gasteiger partial charge on any atom is 0.265 e. The first-order valence-corrected chi connectivity index (χ1v) is 15.0. The number of carbonyl (C=O) groups excluding carboxylic acids is 2. The highest BCUT2D eigenvalue weighted by molar-refractivity contribution is 7.99. The van der Waals surface area contributed by atoms with Crippen LogP contribution in [0.5, 0.6) is 11.5 Å². The van der Waals surface area contributed by atoms with E-state index >= 15 is 0 Å². The molecule has 5 rings (SSSR count). The lowest BCUT2D eigenvalue weighted by molar-refractivity contribution is -0.124. The van der Waals surface area contributed by atoms with Crippen LogP contribution >= 0.6 is 11.8 Å². The average Bonchev–Trinajstić information content (AvgIpc) is 3.48. The van der Waals surface area contributed by atoms with Crippen LogP contribution in [-0.2, 0) is 4.79 Å². The number of tetrazole rings is 1. The maximum absolute atomic E-state index is 13.8. The van der Waals surface area contributed by atoms with Crippen LogP contribution in [0.4, 0.5) is 20.2 Å². The van der Waals surface area contributed by atoms with Crippen molar-refractivity contribution in [3.05, 3.63) is 107 Å². The van der Waals surface area contributed by atoms with Crippen LogP contribution < -0.4 is 15.4 Å². The molecule has 1 atom stereocenters. The van der Waals surface area contributed by atoms with E-state index in [0.717, 1.165) is 41.1 Å². The first-order valence-electron chi connectivity index (χ1n) is 14.2. The predicted octanol–water partition coefficient (Wildman–Crippen LogP) is 6.71. The van der Waals surface area contributed by atoms with Gasteiger partial charge in [-0.05, 0) is 90.0 Å². The van der Waals surface area contributed by atoms with Gasteiger partial charge in [-0.1, -0.05) is 49.7 Å². The van der Waals surface area contributed by atoms with E-state index in [0.29, 0.717) is 21.5 Å². The Balaban J connectivity index is 1.49. The molecule has 13 heteroatoms. The summed E-state index contributed by atoms with van der Waals surface area (Å²) in [5.74, 6) is -3.62. The largest absolute Gasteiger partial charge is 0.506 e. The highest BCUT2D eigenvalue weighted by Crippen LogP contribution is 2.40. The van der Waals surface area contributed by atoms with Gasteiger partial charge in [-0.2, -0.15) is 4.68 Å². The fraction of sp³-hybridized carbons (Fsp3) is 0.182. The first-order chi connectivity index (χ1) is 22.0. The molecule has 0 bridgehead atoms. The summed E-state index contributed by atoms with van der Waals surface area (Å²) in [7, 11) is 0. The molecule has 5 aromatic rings. The van der Waals surface area contributed by atoms with Gasteiger partial charge in [0.05, 0.1) is 17.1 Å². The molecular formula is C33H30F2N6O4S. The molecule has 46 heavy (non-hydrogen) atoms. The third kappa shape index (κ3) is 7.32. The van der Waals surface area contributed by atoms with E-state index in [-0.39, 0.29) is 22.9 Å². The number of hydrogen-bond donors (Lipinski definition) is 3. The molecule has 0 saturated heterocycles. The lowest BCUT2D eigenvalue weighted by atomic mass is 10.1. The van der Waals surface area contributed by atoms with E-state index in [1.807, 2.05) is 76.2 Å². The smallest absolute Gasteiger partial charge is 0.265 e. The number of hydrogen-bond acceptors (Lipinski definition) is 8. The number of phenols is 1. The lowest BCUT2D eigenvalue weighted by Gasteiger charge is -2.24. The van der Waals surface area contributed by atoms with E-state index < -0.39 is 35.3 Å². The summed E-state index contributed by atoms with van der Waals surface area (Å²) < 4.78 is 34.9. The number of carbonyl (C=O) groups is 2. The molecule has 0 fully saturated rings. The molecule has 0 spiro atoms. The molecule has 236 valence electrons. The van der Waals surface area contributed by atoms with Gasteiger partial charge in [0, 0.05) is 16.5 Å². The van der Waals surface area contributed by atoms with Crippen molar-refractivity contribution in [1.29, 1.82) is 0 Å². The molecule has 0 aliphatic carbocycles. The van der Waals surface area contributed by atoms with Crippen LogP contribution in [0.15, 0.2) is 88.9 Å².